The Morgan fingerprint density at radius 3 is 1.29 bits per heavy atom. The summed E-state index contributed by atoms with van der Waals surface area (Å²) in [6, 6.07) is 0. The molecular weight excluding hydrogens is 320 g/mol. The van der Waals surface area contributed by atoms with Gasteiger partial charge in [0.2, 0.25) is 0 Å². The second kappa shape index (κ2) is 19.0. The minimum absolute atomic E-state index is 0.00297. The number of rotatable bonds is 19. The molecule has 0 fully saturated rings. The Hall–Kier alpha value is -0.320. The third kappa shape index (κ3) is 18.0. The third-order valence-electron chi connectivity index (χ3n) is 3.16. The summed E-state index contributed by atoms with van der Waals surface area (Å²) in [6.45, 7) is 2.73. The monoisotopic (exact) mass is 354 g/mol. The molecule has 0 saturated heterocycles. The van der Waals surface area contributed by atoms with Gasteiger partial charge in [0.05, 0.1) is 78.3 Å². The number of ether oxygens (including phenoxy) is 4. The van der Waals surface area contributed by atoms with Crippen molar-refractivity contribution in [2.24, 2.45) is 0 Å². The lowest BCUT2D eigenvalue weighted by molar-refractivity contribution is -0.00858. The Balaban J connectivity index is 3.28. The predicted molar refractivity (Wildman–Crippen MR) is 87.9 cm³/mol. The molecule has 0 rings (SSSR count). The van der Waals surface area contributed by atoms with Crippen molar-refractivity contribution >= 4 is 0 Å². The molecular formula is C16H34O8. The van der Waals surface area contributed by atoms with Crippen LogP contribution in [0, 0.1) is 0 Å². The zero-order valence-electron chi connectivity index (χ0n) is 14.5. The van der Waals surface area contributed by atoms with E-state index in [4.69, 9.17) is 29.2 Å². The molecule has 2 atom stereocenters. The SMILES string of the molecule is OCCOCCOCC(O)CCCCC(O)COCCOCCO. The molecule has 0 aliphatic heterocycles. The summed E-state index contributed by atoms with van der Waals surface area (Å²) >= 11 is 0. The average molecular weight is 354 g/mol. The van der Waals surface area contributed by atoms with E-state index in [9.17, 15) is 10.2 Å². The Morgan fingerprint density at radius 1 is 0.542 bits per heavy atom. The van der Waals surface area contributed by atoms with Gasteiger partial charge in [-0.3, -0.25) is 0 Å². The van der Waals surface area contributed by atoms with Crippen molar-refractivity contribution in [1.82, 2.24) is 0 Å². The second-order valence-corrected chi connectivity index (χ2v) is 5.41. The lowest BCUT2D eigenvalue weighted by Gasteiger charge is -2.13. The van der Waals surface area contributed by atoms with Gasteiger partial charge in [-0.2, -0.15) is 0 Å². The molecule has 8 heteroatoms. The van der Waals surface area contributed by atoms with Crippen LogP contribution >= 0.6 is 0 Å². The molecule has 146 valence electrons. The van der Waals surface area contributed by atoms with Gasteiger partial charge in [0, 0.05) is 0 Å². The Morgan fingerprint density at radius 2 is 0.917 bits per heavy atom. The first-order valence-electron chi connectivity index (χ1n) is 8.59. The summed E-state index contributed by atoms with van der Waals surface area (Å²) in [5, 5.41) is 36.5. The molecule has 0 saturated carbocycles. The van der Waals surface area contributed by atoms with Gasteiger partial charge in [0.1, 0.15) is 0 Å². The number of hydrogen-bond acceptors (Lipinski definition) is 8. The van der Waals surface area contributed by atoms with Gasteiger partial charge in [-0.25, -0.2) is 0 Å². The molecule has 0 aliphatic carbocycles. The predicted octanol–water partition coefficient (Wildman–Crippen LogP) is -0.680. The van der Waals surface area contributed by atoms with Crippen LogP contribution in [0.3, 0.4) is 0 Å². The largest absolute Gasteiger partial charge is 0.394 e. The molecule has 0 heterocycles. The molecule has 2 unspecified atom stereocenters. The van der Waals surface area contributed by atoms with Gasteiger partial charge < -0.3 is 39.4 Å². The molecule has 0 amide bonds. The first kappa shape index (κ1) is 23.7. The lowest BCUT2D eigenvalue weighted by atomic mass is 10.1. The summed E-state index contributed by atoms with van der Waals surface area (Å²) in [5.41, 5.74) is 0. The second-order valence-electron chi connectivity index (χ2n) is 5.41. The minimum atomic E-state index is -0.514. The number of aliphatic hydroxyl groups is 4. The van der Waals surface area contributed by atoms with Crippen LogP contribution in [0.15, 0.2) is 0 Å². The number of aliphatic hydroxyl groups excluding tert-OH is 4. The van der Waals surface area contributed by atoms with E-state index in [1.54, 1.807) is 0 Å². The van der Waals surface area contributed by atoms with E-state index in [1.807, 2.05) is 0 Å². The summed E-state index contributed by atoms with van der Waals surface area (Å²) in [6.07, 6.45) is 1.84. The van der Waals surface area contributed by atoms with E-state index >= 15 is 0 Å². The highest BCUT2D eigenvalue weighted by Gasteiger charge is 2.07. The van der Waals surface area contributed by atoms with E-state index in [0.29, 0.717) is 52.5 Å². The number of unbranched alkanes of at least 4 members (excludes halogenated alkanes) is 1. The van der Waals surface area contributed by atoms with Gasteiger partial charge in [-0.05, 0) is 12.8 Å². The Bertz CT molecular complexity index is 218. The normalized spacial score (nSPS) is 14.0. The van der Waals surface area contributed by atoms with Gasteiger partial charge in [0.25, 0.3) is 0 Å². The fourth-order valence-corrected chi connectivity index (χ4v) is 1.93. The maximum atomic E-state index is 9.74. The molecule has 0 aromatic heterocycles. The zero-order valence-corrected chi connectivity index (χ0v) is 14.5. The summed E-state index contributed by atoms with van der Waals surface area (Å²) in [4.78, 5) is 0. The fraction of sp³-hybridized carbons (Fsp3) is 1.00. The van der Waals surface area contributed by atoms with E-state index in [2.05, 4.69) is 0 Å². The molecule has 0 aromatic carbocycles. The van der Waals surface area contributed by atoms with Gasteiger partial charge >= 0.3 is 0 Å². The highest BCUT2D eigenvalue weighted by atomic mass is 16.5. The van der Waals surface area contributed by atoms with Gasteiger partial charge in [0.15, 0.2) is 0 Å². The molecule has 0 aliphatic rings. The number of hydrogen-bond donors (Lipinski definition) is 4. The molecule has 0 radical (unpaired) electrons. The molecule has 4 N–H and O–H groups in total. The van der Waals surface area contributed by atoms with Crippen molar-refractivity contribution in [3.63, 3.8) is 0 Å². The maximum absolute atomic E-state index is 9.74. The highest BCUT2D eigenvalue weighted by molar-refractivity contribution is 4.58. The van der Waals surface area contributed by atoms with Crippen molar-refractivity contribution in [2.45, 2.75) is 37.9 Å². The van der Waals surface area contributed by atoms with Crippen LogP contribution in [0.4, 0.5) is 0 Å². The molecule has 8 nitrogen and oxygen atoms in total. The Labute approximate surface area is 144 Å². The van der Waals surface area contributed by atoms with E-state index in [-0.39, 0.29) is 26.4 Å². The summed E-state index contributed by atoms with van der Waals surface area (Å²) in [7, 11) is 0. The Kier molecular flexibility index (Phi) is 18.8. The lowest BCUT2D eigenvalue weighted by Crippen LogP contribution is -2.19. The summed E-state index contributed by atoms with van der Waals surface area (Å²) < 4.78 is 20.6. The first-order chi connectivity index (χ1) is 11.7. The van der Waals surface area contributed by atoms with Crippen molar-refractivity contribution in [2.75, 3.05) is 66.1 Å². The van der Waals surface area contributed by atoms with Crippen molar-refractivity contribution < 1.29 is 39.4 Å². The van der Waals surface area contributed by atoms with Crippen LogP contribution in [0.5, 0.6) is 0 Å². The van der Waals surface area contributed by atoms with Crippen molar-refractivity contribution in [3.05, 3.63) is 0 Å². The fourth-order valence-electron chi connectivity index (χ4n) is 1.93. The highest BCUT2D eigenvalue weighted by Crippen LogP contribution is 2.07. The van der Waals surface area contributed by atoms with Gasteiger partial charge in [-0.1, -0.05) is 12.8 Å². The average Bonchev–Trinajstić information content (AvgIpc) is 2.58. The van der Waals surface area contributed by atoms with Crippen LogP contribution in [-0.4, -0.2) is 98.7 Å². The van der Waals surface area contributed by atoms with Crippen LogP contribution in [0.2, 0.25) is 0 Å². The third-order valence-corrected chi connectivity index (χ3v) is 3.16. The molecule has 24 heavy (non-hydrogen) atoms. The minimum Gasteiger partial charge on any atom is -0.394 e. The quantitative estimate of drug-likeness (QED) is 0.225. The van der Waals surface area contributed by atoms with Crippen LogP contribution in [0.25, 0.3) is 0 Å². The maximum Gasteiger partial charge on any atom is 0.0773 e. The molecule has 0 bridgehead atoms. The van der Waals surface area contributed by atoms with Crippen LogP contribution in [-0.2, 0) is 18.9 Å². The summed E-state index contributed by atoms with van der Waals surface area (Å²) in [5.74, 6) is 0. The van der Waals surface area contributed by atoms with Crippen LogP contribution in [0.1, 0.15) is 25.7 Å². The van der Waals surface area contributed by atoms with Crippen LogP contribution < -0.4 is 0 Å². The molecule has 0 spiro atoms. The van der Waals surface area contributed by atoms with Gasteiger partial charge in [-0.15, -0.1) is 0 Å². The van der Waals surface area contributed by atoms with Crippen molar-refractivity contribution in [1.29, 1.82) is 0 Å². The van der Waals surface area contributed by atoms with E-state index in [1.165, 1.54) is 0 Å². The van der Waals surface area contributed by atoms with E-state index < -0.39 is 12.2 Å². The smallest absolute Gasteiger partial charge is 0.0773 e. The first-order valence-corrected chi connectivity index (χ1v) is 8.59. The van der Waals surface area contributed by atoms with E-state index in [0.717, 1.165) is 12.8 Å². The zero-order chi connectivity index (χ0) is 17.9. The topological polar surface area (TPSA) is 118 Å². The standard InChI is InChI=1S/C16H34O8/c17-5-7-21-9-11-23-13-15(19)3-1-2-4-16(20)14-24-12-10-22-8-6-18/h15-20H,1-14H2. The van der Waals surface area contributed by atoms with Crippen molar-refractivity contribution in [3.8, 4) is 0 Å². The molecule has 0 aromatic rings.